The average Bonchev–Trinajstić information content (AvgIpc) is 3.05. The van der Waals surface area contributed by atoms with Crippen molar-refractivity contribution in [1.29, 1.82) is 0 Å². The van der Waals surface area contributed by atoms with Gasteiger partial charge in [-0.2, -0.15) is 0 Å². The Morgan fingerprint density at radius 2 is 1.75 bits per heavy atom. The molecule has 0 amide bonds. The number of methoxy groups -OCH3 is 1. The molecule has 2 N–H and O–H groups in total. The molecule has 1 saturated heterocycles. The number of carbonyl (C=O) groups excluding carboxylic acids is 1. The Morgan fingerprint density at radius 3 is 2.31 bits per heavy atom. The molecule has 0 atom stereocenters. The summed E-state index contributed by atoms with van der Waals surface area (Å²) in [6.45, 7) is 14.9. The van der Waals surface area contributed by atoms with Gasteiger partial charge in [-0.1, -0.05) is 0 Å². The highest BCUT2D eigenvalue weighted by Gasteiger charge is 2.26. The van der Waals surface area contributed by atoms with Crippen molar-refractivity contribution >= 4 is 55.8 Å². The van der Waals surface area contributed by atoms with E-state index < -0.39 is 9.58 Å². The molecule has 3 rings (SSSR count). The average molecular weight is 577 g/mol. The first-order chi connectivity index (χ1) is 15.1. The highest BCUT2D eigenvalue weighted by Crippen LogP contribution is 2.40. The molecule has 0 aromatic carbocycles. The van der Waals surface area contributed by atoms with Crippen LogP contribution in [0, 0.1) is 13.8 Å². The van der Waals surface area contributed by atoms with E-state index in [4.69, 9.17) is 19.9 Å². The number of aromatic nitrogens is 1. The quantitative estimate of drug-likeness (QED) is 0.276. The van der Waals surface area contributed by atoms with E-state index in [0.717, 1.165) is 73.1 Å². The number of nitrogens with zero attached hydrogens (tertiary/aromatic N) is 3. The number of thiophene rings is 1. The molecule has 8 nitrogen and oxygen atoms in total. The molecule has 2 aromatic heterocycles. The standard InChI is InChI=1S/C22H33IN4O4S/c1-14-16-17(24)19(21(28)31-22(3,4)23)32-20(16)25-15(2)18(14)30-13-11-27-8-6-26(7-9-27)10-12-29-5/h6-13,24H2,1-5H3. The lowest BCUT2D eigenvalue weighted by atomic mass is 10.1. The Kier molecular flexibility index (Phi) is 8.59. The van der Waals surface area contributed by atoms with E-state index >= 15 is 0 Å². The van der Waals surface area contributed by atoms with Crippen LogP contribution in [0.3, 0.4) is 0 Å². The number of nitrogen functional groups attached to an aromatic ring is 1. The van der Waals surface area contributed by atoms with E-state index in [-0.39, 0.29) is 0 Å². The number of alkyl halides is 1. The molecule has 0 saturated carbocycles. The normalized spacial score (nSPS) is 15.9. The summed E-state index contributed by atoms with van der Waals surface area (Å²) in [5.41, 5.74) is 8.49. The lowest BCUT2D eigenvalue weighted by Gasteiger charge is -2.34. The van der Waals surface area contributed by atoms with Crippen molar-refractivity contribution in [2.24, 2.45) is 0 Å². The van der Waals surface area contributed by atoms with Crippen LogP contribution in [0.1, 0.15) is 34.8 Å². The monoisotopic (exact) mass is 576 g/mol. The van der Waals surface area contributed by atoms with Crippen LogP contribution in [0.4, 0.5) is 5.69 Å². The van der Waals surface area contributed by atoms with Gasteiger partial charge in [0.2, 0.25) is 0 Å². The van der Waals surface area contributed by atoms with E-state index in [1.54, 1.807) is 7.11 Å². The summed E-state index contributed by atoms with van der Waals surface area (Å²) in [4.78, 5) is 23.2. The Labute approximate surface area is 207 Å². The second kappa shape index (κ2) is 10.8. The van der Waals surface area contributed by atoms with Crippen molar-refractivity contribution in [2.45, 2.75) is 31.3 Å². The minimum Gasteiger partial charge on any atom is -0.490 e. The number of hydrogen-bond acceptors (Lipinski definition) is 9. The molecule has 178 valence electrons. The van der Waals surface area contributed by atoms with Crippen LogP contribution in [0.2, 0.25) is 0 Å². The molecule has 3 heterocycles. The molecule has 0 spiro atoms. The predicted octanol–water partition coefficient (Wildman–Crippen LogP) is 3.47. The van der Waals surface area contributed by atoms with E-state index in [1.165, 1.54) is 11.3 Å². The fourth-order valence-corrected chi connectivity index (χ4v) is 5.10. The van der Waals surface area contributed by atoms with Crippen LogP contribution >= 0.6 is 33.9 Å². The van der Waals surface area contributed by atoms with Gasteiger partial charge in [-0.3, -0.25) is 9.80 Å². The largest absolute Gasteiger partial charge is 0.490 e. The van der Waals surface area contributed by atoms with E-state index in [1.807, 2.05) is 27.7 Å². The van der Waals surface area contributed by atoms with E-state index in [2.05, 4.69) is 37.4 Å². The van der Waals surface area contributed by atoms with Gasteiger partial charge in [0.1, 0.15) is 22.1 Å². The Bertz CT molecular complexity index is 952. The number of piperazine rings is 1. The van der Waals surface area contributed by atoms with Crippen molar-refractivity contribution in [3.63, 3.8) is 0 Å². The molecule has 0 radical (unpaired) electrons. The lowest BCUT2D eigenvalue weighted by molar-refractivity contribution is 0.0347. The fraction of sp³-hybridized carbons (Fsp3) is 0.636. The Balaban J connectivity index is 1.66. The van der Waals surface area contributed by atoms with Gasteiger partial charge >= 0.3 is 5.97 Å². The maximum absolute atomic E-state index is 12.6. The van der Waals surface area contributed by atoms with Crippen LogP contribution < -0.4 is 10.5 Å². The molecular formula is C22H33IN4O4S. The lowest BCUT2D eigenvalue weighted by Crippen LogP contribution is -2.48. The SMILES string of the molecule is COCCN1CCN(CCOc2c(C)nc3sc(C(=O)OC(C)(C)I)c(N)c3c2C)CC1. The number of aryl methyl sites for hydroxylation is 2. The number of hydrogen-bond donors (Lipinski definition) is 1. The number of esters is 1. The van der Waals surface area contributed by atoms with Crippen LogP contribution in [0.15, 0.2) is 0 Å². The Hall–Kier alpha value is -1.21. The van der Waals surface area contributed by atoms with Gasteiger partial charge in [0.05, 0.1) is 18.0 Å². The van der Waals surface area contributed by atoms with Gasteiger partial charge in [-0.05, 0) is 50.3 Å². The molecule has 32 heavy (non-hydrogen) atoms. The molecule has 1 aliphatic heterocycles. The van der Waals surface area contributed by atoms with Crippen molar-refractivity contribution in [3.8, 4) is 5.75 Å². The van der Waals surface area contributed by atoms with Crippen LogP contribution in [0.25, 0.3) is 10.2 Å². The maximum Gasteiger partial charge on any atom is 0.351 e. The Morgan fingerprint density at radius 1 is 1.16 bits per heavy atom. The smallest absolute Gasteiger partial charge is 0.351 e. The molecule has 1 aliphatic rings. The fourth-order valence-electron chi connectivity index (χ4n) is 3.83. The summed E-state index contributed by atoms with van der Waals surface area (Å²) in [5.74, 6) is 0.323. The summed E-state index contributed by atoms with van der Waals surface area (Å²) < 4.78 is 16.2. The number of halogens is 1. The van der Waals surface area contributed by atoms with Crippen LogP contribution in [0.5, 0.6) is 5.75 Å². The van der Waals surface area contributed by atoms with E-state index in [0.29, 0.717) is 17.2 Å². The van der Waals surface area contributed by atoms with Gasteiger partial charge in [-0.15, -0.1) is 11.3 Å². The summed E-state index contributed by atoms with van der Waals surface area (Å²) in [6.07, 6.45) is 0. The second-order valence-corrected chi connectivity index (χ2v) is 12.1. The third kappa shape index (κ3) is 6.22. The van der Waals surface area contributed by atoms with Crippen molar-refractivity contribution < 1.29 is 19.0 Å². The number of fused-ring (bicyclic) bond motifs is 1. The highest BCUT2D eigenvalue weighted by atomic mass is 127. The molecule has 1 fully saturated rings. The molecule has 0 bridgehead atoms. The first-order valence-electron chi connectivity index (χ1n) is 10.8. The number of pyridine rings is 1. The zero-order valence-electron chi connectivity index (χ0n) is 19.5. The first kappa shape index (κ1) is 25.4. The summed E-state index contributed by atoms with van der Waals surface area (Å²) in [7, 11) is 1.74. The molecule has 2 aromatic rings. The molecule has 10 heteroatoms. The third-order valence-corrected chi connectivity index (χ3v) is 6.79. The number of ether oxygens (including phenoxy) is 3. The summed E-state index contributed by atoms with van der Waals surface area (Å²) >= 11 is 3.35. The van der Waals surface area contributed by atoms with Gasteiger partial charge in [0.15, 0.2) is 3.61 Å². The zero-order chi connectivity index (χ0) is 23.5. The summed E-state index contributed by atoms with van der Waals surface area (Å²) in [6, 6.07) is 0. The molecular weight excluding hydrogens is 543 g/mol. The second-order valence-electron chi connectivity index (χ2n) is 8.45. The van der Waals surface area contributed by atoms with Gasteiger partial charge in [-0.25, -0.2) is 9.78 Å². The minimum atomic E-state index is -0.612. The van der Waals surface area contributed by atoms with Crippen LogP contribution in [-0.4, -0.2) is 84.0 Å². The number of anilines is 1. The number of rotatable bonds is 9. The van der Waals surface area contributed by atoms with Crippen molar-refractivity contribution in [1.82, 2.24) is 14.8 Å². The zero-order valence-corrected chi connectivity index (χ0v) is 22.5. The topological polar surface area (TPSA) is 90.1 Å². The number of carbonyl (C=O) groups is 1. The van der Waals surface area contributed by atoms with Crippen LogP contribution in [-0.2, 0) is 9.47 Å². The van der Waals surface area contributed by atoms with Gasteiger partial charge in [0.25, 0.3) is 0 Å². The van der Waals surface area contributed by atoms with Crippen molar-refractivity contribution in [2.75, 3.05) is 65.3 Å². The first-order valence-corrected chi connectivity index (χ1v) is 12.7. The van der Waals surface area contributed by atoms with Gasteiger partial charge < -0.3 is 19.9 Å². The van der Waals surface area contributed by atoms with Crippen molar-refractivity contribution in [3.05, 3.63) is 16.1 Å². The third-order valence-electron chi connectivity index (χ3n) is 5.49. The molecule has 0 unspecified atom stereocenters. The maximum atomic E-state index is 12.6. The van der Waals surface area contributed by atoms with E-state index in [9.17, 15) is 4.79 Å². The van der Waals surface area contributed by atoms with Gasteiger partial charge in [0, 0.05) is 57.3 Å². The minimum absolute atomic E-state index is 0.392. The number of nitrogens with two attached hydrogens (primary N) is 1. The molecule has 0 aliphatic carbocycles. The predicted molar refractivity (Wildman–Crippen MR) is 137 cm³/mol. The summed E-state index contributed by atoms with van der Waals surface area (Å²) in [5, 5.41) is 0.778. The highest BCUT2D eigenvalue weighted by molar-refractivity contribution is 14.1.